The van der Waals surface area contributed by atoms with Gasteiger partial charge in [-0.3, -0.25) is 9.69 Å². The van der Waals surface area contributed by atoms with Gasteiger partial charge in [0, 0.05) is 26.2 Å². The predicted octanol–water partition coefficient (Wildman–Crippen LogP) is 2.63. The molecular weight excluding hydrogens is 452 g/mol. The van der Waals surface area contributed by atoms with Gasteiger partial charge in [0.1, 0.15) is 6.26 Å². The van der Waals surface area contributed by atoms with Gasteiger partial charge in [-0.05, 0) is 49.5 Å². The first-order valence-electron chi connectivity index (χ1n) is 11.4. The maximum Gasteiger partial charge on any atom is 0.273 e. The average molecular weight is 481 g/mol. The van der Waals surface area contributed by atoms with Crippen molar-refractivity contribution in [3.05, 3.63) is 65.4 Å². The molecule has 2 aliphatic rings. The van der Waals surface area contributed by atoms with Crippen molar-refractivity contribution >= 4 is 5.91 Å². The van der Waals surface area contributed by atoms with Crippen LogP contribution >= 0.6 is 0 Å². The second-order valence-electron chi connectivity index (χ2n) is 8.71. The highest BCUT2D eigenvalue weighted by atomic mass is 16.7. The Balaban J connectivity index is 1.30. The van der Waals surface area contributed by atoms with Crippen LogP contribution in [-0.4, -0.2) is 61.5 Å². The number of benzene rings is 2. The third-order valence-corrected chi connectivity index (χ3v) is 5.67. The zero-order valence-corrected chi connectivity index (χ0v) is 19.8. The Labute approximate surface area is 203 Å². The van der Waals surface area contributed by atoms with Crippen LogP contribution < -0.4 is 24.3 Å². The fourth-order valence-electron chi connectivity index (χ4n) is 3.93. The highest BCUT2D eigenvalue weighted by Gasteiger charge is 2.20. The molecule has 0 fully saturated rings. The summed E-state index contributed by atoms with van der Waals surface area (Å²) in [4.78, 5) is 21.0. The first-order valence-corrected chi connectivity index (χ1v) is 11.4. The zero-order valence-electron chi connectivity index (χ0n) is 19.8. The predicted molar refractivity (Wildman–Crippen MR) is 125 cm³/mol. The Morgan fingerprint density at radius 2 is 1.49 bits per heavy atom. The van der Waals surface area contributed by atoms with Crippen molar-refractivity contribution in [2.24, 2.45) is 0 Å². The Kier molecular flexibility index (Phi) is 6.73. The molecule has 3 heterocycles. The number of hydrogen-bond acceptors (Lipinski definition) is 9. The first-order chi connectivity index (χ1) is 17.0. The number of nitrogens with zero attached hydrogens (tertiary/aromatic N) is 3. The molecule has 0 saturated carbocycles. The standard InChI is InChI=1S/C25H28N4O6/c1-28(2)8-7-26-25(30)19-14-31-24(27-19)13-29(11-17-3-5-20-22(9-17)34-15-32-20)12-18-4-6-21-23(10-18)35-16-33-21/h3-6,9-10,14H,7-8,11-13,15-16H2,1-2H3,(H,26,30). The summed E-state index contributed by atoms with van der Waals surface area (Å²) in [6.45, 7) is 3.37. The number of amides is 1. The van der Waals surface area contributed by atoms with Crippen molar-refractivity contribution in [1.29, 1.82) is 0 Å². The lowest BCUT2D eigenvalue weighted by atomic mass is 10.1. The minimum Gasteiger partial charge on any atom is -0.454 e. The largest absolute Gasteiger partial charge is 0.454 e. The van der Waals surface area contributed by atoms with Crippen molar-refractivity contribution < 1.29 is 28.2 Å². The number of carbonyl (C=O) groups is 1. The van der Waals surface area contributed by atoms with E-state index >= 15 is 0 Å². The van der Waals surface area contributed by atoms with E-state index in [9.17, 15) is 4.79 Å². The number of oxazole rings is 1. The monoisotopic (exact) mass is 480 g/mol. The summed E-state index contributed by atoms with van der Waals surface area (Å²) in [5.41, 5.74) is 2.39. The summed E-state index contributed by atoms with van der Waals surface area (Å²) in [7, 11) is 3.91. The lowest BCUT2D eigenvalue weighted by Gasteiger charge is -2.21. The van der Waals surface area contributed by atoms with Gasteiger partial charge in [0.2, 0.25) is 19.5 Å². The maximum atomic E-state index is 12.4. The molecule has 5 rings (SSSR count). The summed E-state index contributed by atoms with van der Waals surface area (Å²) in [5.74, 6) is 3.17. The van der Waals surface area contributed by atoms with E-state index in [0.717, 1.165) is 40.7 Å². The van der Waals surface area contributed by atoms with Gasteiger partial charge in [0.25, 0.3) is 5.91 Å². The molecule has 2 aromatic carbocycles. The minimum atomic E-state index is -0.250. The minimum absolute atomic E-state index is 0.232. The Bertz CT molecular complexity index is 1130. The van der Waals surface area contributed by atoms with Crippen LogP contribution in [0.3, 0.4) is 0 Å². The van der Waals surface area contributed by atoms with E-state index in [1.807, 2.05) is 55.4 Å². The molecule has 0 bridgehead atoms. The van der Waals surface area contributed by atoms with Gasteiger partial charge < -0.3 is 33.6 Å². The summed E-state index contributed by atoms with van der Waals surface area (Å²) < 4.78 is 27.6. The average Bonchev–Trinajstić information content (AvgIpc) is 3.59. The Morgan fingerprint density at radius 3 is 2.09 bits per heavy atom. The van der Waals surface area contributed by atoms with E-state index in [4.69, 9.17) is 23.4 Å². The highest BCUT2D eigenvalue weighted by molar-refractivity contribution is 5.91. The smallest absolute Gasteiger partial charge is 0.273 e. The first kappa shape index (κ1) is 23.0. The second-order valence-corrected chi connectivity index (χ2v) is 8.71. The third-order valence-electron chi connectivity index (χ3n) is 5.67. The number of carbonyl (C=O) groups excluding carboxylic acids is 1. The van der Waals surface area contributed by atoms with Crippen molar-refractivity contribution in [3.8, 4) is 23.0 Å². The van der Waals surface area contributed by atoms with Gasteiger partial charge in [-0.25, -0.2) is 4.98 Å². The lowest BCUT2D eigenvalue weighted by Crippen LogP contribution is -2.31. The quantitative estimate of drug-likeness (QED) is 0.470. The lowest BCUT2D eigenvalue weighted by molar-refractivity contribution is 0.0946. The van der Waals surface area contributed by atoms with Gasteiger partial charge in [0.15, 0.2) is 28.7 Å². The molecule has 1 aromatic heterocycles. The molecule has 2 aliphatic heterocycles. The summed E-state index contributed by atoms with van der Waals surface area (Å²) in [6.07, 6.45) is 1.40. The van der Waals surface area contributed by atoms with Crippen molar-refractivity contribution in [1.82, 2.24) is 20.1 Å². The maximum absolute atomic E-state index is 12.4. The number of likely N-dealkylation sites (N-methyl/N-ethyl adjacent to an activating group) is 1. The Hall–Kier alpha value is -3.76. The van der Waals surface area contributed by atoms with Gasteiger partial charge in [-0.1, -0.05) is 12.1 Å². The third kappa shape index (κ3) is 5.67. The molecule has 0 unspecified atom stereocenters. The van der Waals surface area contributed by atoms with Crippen LogP contribution in [0, 0.1) is 0 Å². The SMILES string of the molecule is CN(C)CCNC(=O)c1coc(CN(Cc2ccc3c(c2)OCO3)Cc2ccc3c(c2)OCO3)n1. The van der Waals surface area contributed by atoms with Gasteiger partial charge >= 0.3 is 0 Å². The molecule has 0 radical (unpaired) electrons. The van der Waals surface area contributed by atoms with E-state index in [0.29, 0.717) is 32.1 Å². The molecule has 10 heteroatoms. The van der Waals surface area contributed by atoms with E-state index in [1.165, 1.54) is 6.26 Å². The normalized spacial score (nSPS) is 13.6. The highest BCUT2D eigenvalue weighted by Crippen LogP contribution is 2.34. The molecule has 0 aliphatic carbocycles. The Morgan fingerprint density at radius 1 is 0.886 bits per heavy atom. The number of fused-ring (bicyclic) bond motifs is 2. The molecule has 0 atom stereocenters. The summed E-state index contributed by atoms with van der Waals surface area (Å²) in [6, 6.07) is 11.8. The second kappa shape index (κ2) is 10.2. The van der Waals surface area contributed by atoms with E-state index in [2.05, 4.69) is 15.2 Å². The van der Waals surface area contributed by atoms with Crippen molar-refractivity contribution in [2.75, 3.05) is 40.8 Å². The van der Waals surface area contributed by atoms with Crippen LogP contribution in [0.25, 0.3) is 0 Å². The van der Waals surface area contributed by atoms with Gasteiger partial charge in [-0.2, -0.15) is 0 Å². The van der Waals surface area contributed by atoms with Crippen LogP contribution in [0.2, 0.25) is 0 Å². The molecular formula is C25H28N4O6. The van der Waals surface area contributed by atoms with Crippen LogP contribution in [0.4, 0.5) is 0 Å². The molecule has 10 nitrogen and oxygen atoms in total. The fraction of sp³-hybridized carbons (Fsp3) is 0.360. The number of nitrogens with one attached hydrogen (secondary N) is 1. The molecule has 184 valence electrons. The van der Waals surface area contributed by atoms with E-state index in [1.54, 1.807) is 0 Å². The fourth-order valence-corrected chi connectivity index (χ4v) is 3.93. The van der Waals surface area contributed by atoms with Crippen LogP contribution in [-0.2, 0) is 19.6 Å². The zero-order chi connectivity index (χ0) is 24.2. The van der Waals surface area contributed by atoms with Crippen LogP contribution in [0.1, 0.15) is 27.5 Å². The van der Waals surface area contributed by atoms with E-state index < -0.39 is 0 Å². The van der Waals surface area contributed by atoms with Crippen LogP contribution in [0.15, 0.2) is 47.1 Å². The molecule has 0 spiro atoms. The summed E-state index contributed by atoms with van der Waals surface area (Å²) in [5, 5.41) is 2.86. The number of hydrogen-bond donors (Lipinski definition) is 1. The molecule has 35 heavy (non-hydrogen) atoms. The van der Waals surface area contributed by atoms with Crippen molar-refractivity contribution in [2.45, 2.75) is 19.6 Å². The topological polar surface area (TPSA) is 98.5 Å². The van der Waals surface area contributed by atoms with Gasteiger partial charge in [0.05, 0.1) is 6.54 Å². The van der Waals surface area contributed by atoms with Crippen LogP contribution in [0.5, 0.6) is 23.0 Å². The number of ether oxygens (including phenoxy) is 4. The molecule has 3 aromatic rings. The molecule has 1 N–H and O–H groups in total. The molecule has 1 amide bonds. The number of rotatable bonds is 10. The van der Waals surface area contributed by atoms with E-state index in [-0.39, 0.29) is 25.2 Å². The number of aromatic nitrogens is 1. The van der Waals surface area contributed by atoms with Crippen molar-refractivity contribution in [3.63, 3.8) is 0 Å². The summed E-state index contributed by atoms with van der Waals surface area (Å²) >= 11 is 0. The molecule has 0 saturated heterocycles. The van der Waals surface area contributed by atoms with Gasteiger partial charge in [-0.15, -0.1) is 0 Å².